The lowest BCUT2D eigenvalue weighted by Crippen LogP contribution is -2.22. The minimum absolute atomic E-state index is 0.0195. The summed E-state index contributed by atoms with van der Waals surface area (Å²) in [5.74, 6) is -0.426. The van der Waals surface area contributed by atoms with E-state index in [1.54, 1.807) is 38.3 Å². The van der Waals surface area contributed by atoms with Gasteiger partial charge in [0.15, 0.2) is 5.78 Å². The fourth-order valence-electron chi connectivity index (χ4n) is 3.62. The molecule has 176 valence electrons. The average molecular weight is 460 g/mol. The zero-order valence-corrected chi connectivity index (χ0v) is 19.6. The van der Waals surface area contributed by atoms with Crippen molar-refractivity contribution >= 4 is 17.8 Å². The minimum Gasteiger partial charge on any atom is -0.497 e. The van der Waals surface area contributed by atoms with Crippen LogP contribution in [0.15, 0.2) is 72.5 Å². The molecule has 0 bridgehead atoms. The van der Waals surface area contributed by atoms with Crippen LogP contribution in [0.5, 0.6) is 5.75 Å². The van der Waals surface area contributed by atoms with Crippen molar-refractivity contribution in [2.75, 3.05) is 20.3 Å². The highest BCUT2D eigenvalue weighted by Gasteiger charge is 2.10. The van der Waals surface area contributed by atoms with Gasteiger partial charge < -0.3 is 19.9 Å². The minimum atomic E-state index is -1.09. The predicted octanol–water partition coefficient (Wildman–Crippen LogP) is 5.11. The number of rotatable bonds is 11. The highest BCUT2D eigenvalue weighted by Crippen LogP contribution is 2.26. The van der Waals surface area contributed by atoms with Crippen molar-refractivity contribution in [1.29, 1.82) is 0 Å². The van der Waals surface area contributed by atoms with E-state index in [2.05, 4.69) is 11.4 Å². The first kappa shape index (κ1) is 24.7. The van der Waals surface area contributed by atoms with Crippen LogP contribution in [0.3, 0.4) is 0 Å². The summed E-state index contributed by atoms with van der Waals surface area (Å²) in [6.45, 7) is 4.84. The highest BCUT2D eigenvalue weighted by molar-refractivity contribution is 5.97. The van der Waals surface area contributed by atoms with Crippen LogP contribution >= 0.6 is 0 Å². The molecule has 6 heteroatoms. The number of aliphatic carboxylic acids is 1. The lowest BCUT2D eigenvalue weighted by molar-refractivity contribution is -0.136. The van der Waals surface area contributed by atoms with Gasteiger partial charge in [-0.25, -0.2) is 4.79 Å². The number of nitrogens with one attached hydrogen (secondary N) is 1. The first-order valence-electron chi connectivity index (χ1n) is 11.1. The van der Waals surface area contributed by atoms with Crippen LogP contribution in [0.2, 0.25) is 0 Å². The summed E-state index contributed by atoms with van der Waals surface area (Å²) in [5.41, 5.74) is 5.60. The standard InChI is InChI=1S/C28H29NO5/c1-4-34-27(28(31)32)16-20-8-13-25(19(2)14-20)23-7-5-6-21(15-23)17-29-18-26(30)22-9-11-24(33-3)12-10-22/h5-16,29H,4,17-18H2,1-3H3,(H,31,32)/b27-16-. The van der Waals surface area contributed by atoms with Crippen molar-refractivity contribution in [2.24, 2.45) is 0 Å². The first-order valence-corrected chi connectivity index (χ1v) is 11.1. The van der Waals surface area contributed by atoms with Crippen molar-refractivity contribution in [3.8, 4) is 16.9 Å². The second kappa shape index (κ2) is 11.8. The van der Waals surface area contributed by atoms with Crippen molar-refractivity contribution < 1.29 is 24.2 Å². The topological polar surface area (TPSA) is 84.9 Å². The van der Waals surface area contributed by atoms with E-state index in [9.17, 15) is 14.7 Å². The van der Waals surface area contributed by atoms with Crippen molar-refractivity contribution in [2.45, 2.75) is 20.4 Å². The molecule has 0 aliphatic rings. The quantitative estimate of drug-likeness (QED) is 0.236. The third-order valence-corrected chi connectivity index (χ3v) is 5.32. The molecular weight excluding hydrogens is 430 g/mol. The summed E-state index contributed by atoms with van der Waals surface area (Å²) < 4.78 is 10.3. The normalized spacial score (nSPS) is 11.2. The van der Waals surface area contributed by atoms with Crippen LogP contribution < -0.4 is 10.1 Å². The number of carbonyl (C=O) groups excluding carboxylic acids is 1. The van der Waals surface area contributed by atoms with Gasteiger partial charge in [-0.1, -0.05) is 36.4 Å². The van der Waals surface area contributed by atoms with Gasteiger partial charge in [0, 0.05) is 12.1 Å². The number of benzene rings is 3. The summed E-state index contributed by atoms with van der Waals surface area (Å²) in [6, 6.07) is 21.0. The fourth-order valence-corrected chi connectivity index (χ4v) is 3.62. The molecule has 0 atom stereocenters. The monoisotopic (exact) mass is 459 g/mol. The Morgan fingerprint density at radius 1 is 1.03 bits per heavy atom. The molecule has 0 unspecified atom stereocenters. The largest absolute Gasteiger partial charge is 0.497 e. The van der Waals surface area contributed by atoms with Gasteiger partial charge in [0.25, 0.3) is 0 Å². The SMILES string of the molecule is CCO/C(=C\c1ccc(-c2cccc(CNCC(=O)c3ccc(OC)cc3)c2)c(C)c1)C(=O)O. The van der Waals surface area contributed by atoms with E-state index in [0.29, 0.717) is 18.7 Å². The van der Waals surface area contributed by atoms with Crippen LogP contribution in [-0.2, 0) is 16.1 Å². The van der Waals surface area contributed by atoms with Crippen LogP contribution in [0.25, 0.3) is 17.2 Å². The number of carboxylic acid groups (broad SMARTS) is 1. The Bertz CT molecular complexity index is 1180. The van der Waals surface area contributed by atoms with Gasteiger partial charge in [0.1, 0.15) is 5.75 Å². The zero-order chi connectivity index (χ0) is 24.5. The third-order valence-electron chi connectivity index (χ3n) is 5.32. The maximum atomic E-state index is 12.4. The molecule has 0 aliphatic carbocycles. The summed E-state index contributed by atoms with van der Waals surface area (Å²) in [5, 5.41) is 12.5. The number of hydrogen-bond acceptors (Lipinski definition) is 5. The Morgan fingerprint density at radius 2 is 1.79 bits per heavy atom. The molecule has 0 radical (unpaired) electrons. The Kier molecular flexibility index (Phi) is 8.60. The highest BCUT2D eigenvalue weighted by atomic mass is 16.5. The second-order valence-electron chi connectivity index (χ2n) is 7.78. The van der Waals surface area contributed by atoms with Gasteiger partial charge in [-0.3, -0.25) is 4.79 Å². The lowest BCUT2D eigenvalue weighted by Gasteiger charge is -2.11. The molecule has 2 N–H and O–H groups in total. The second-order valence-corrected chi connectivity index (χ2v) is 7.78. The molecule has 3 rings (SSSR count). The van der Waals surface area contributed by atoms with Gasteiger partial charge in [0.05, 0.1) is 20.3 Å². The average Bonchev–Trinajstić information content (AvgIpc) is 2.84. The molecule has 6 nitrogen and oxygen atoms in total. The molecule has 0 saturated heterocycles. The number of methoxy groups -OCH3 is 1. The number of ether oxygens (including phenoxy) is 2. The van der Waals surface area contributed by atoms with Crippen LogP contribution in [0.1, 0.15) is 34.0 Å². The maximum absolute atomic E-state index is 12.4. The summed E-state index contributed by atoms with van der Waals surface area (Å²) in [7, 11) is 1.59. The Balaban J connectivity index is 1.67. The van der Waals surface area contributed by atoms with Gasteiger partial charge >= 0.3 is 5.97 Å². The Hall–Kier alpha value is -3.90. The smallest absolute Gasteiger partial charge is 0.371 e. The molecular formula is C28H29NO5. The fraction of sp³-hybridized carbons (Fsp3) is 0.214. The molecule has 0 aromatic heterocycles. The molecule has 0 fully saturated rings. The Labute approximate surface area is 199 Å². The molecule has 34 heavy (non-hydrogen) atoms. The summed E-state index contributed by atoms with van der Waals surface area (Å²) in [6.07, 6.45) is 1.53. The van der Waals surface area contributed by atoms with E-state index in [1.807, 2.05) is 43.3 Å². The zero-order valence-electron chi connectivity index (χ0n) is 19.6. The molecule has 0 amide bonds. The summed E-state index contributed by atoms with van der Waals surface area (Å²) in [4.78, 5) is 23.7. The van der Waals surface area contributed by atoms with Crippen molar-refractivity contribution in [1.82, 2.24) is 5.32 Å². The van der Waals surface area contributed by atoms with Gasteiger partial charge in [-0.15, -0.1) is 0 Å². The number of aryl methyl sites for hydroxylation is 1. The third kappa shape index (κ3) is 6.56. The van der Waals surface area contributed by atoms with Crippen LogP contribution in [-0.4, -0.2) is 37.1 Å². The summed E-state index contributed by atoms with van der Waals surface area (Å²) >= 11 is 0. The van der Waals surface area contributed by atoms with Gasteiger partial charge in [0.2, 0.25) is 5.76 Å². The van der Waals surface area contributed by atoms with E-state index in [-0.39, 0.29) is 18.1 Å². The molecule has 0 heterocycles. The van der Waals surface area contributed by atoms with Crippen molar-refractivity contribution in [3.05, 3.63) is 94.7 Å². The van der Waals surface area contributed by atoms with Gasteiger partial charge in [-0.05, 0) is 78.1 Å². The number of ketones is 1. The van der Waals surface area contributed by atoms with E-state index in [1.165, 1.54) is 6.08 Å². The number of Topliss-reactive ketones (excluding diaryl/α,β-unsaturated/α-hetero) is 1. The number of carboxylic acids is 1. The maximum Gasteiger partial charge on any atom is 0.371 e. The number of carbonyl (C=O) groups is 2. The van der Waals surface area contributed by atoms with E-state index >= 15 is 0 Å². The van der Waals surface area contributed by atoms with Crippen LogP contribution in [0, 0.1) is 6.92 Å². The van der Waals surface area contributed by atoms with E-state index < -0.39 is 5.97 Å². The van der Waals surface area contributed by atoms with E-state index in [4.69, 9.17) is 9.47 Å². The Morgan fingerprint density at radius 3 is 2.44 bits per heavy atom. The molecule has 3 aromatic rings. The molecule has 3 aromatic carbocycles. The molecule has 0 aliphatic heterocycles. The van der Waals surface area contributed by atoms with Crippen LogP contribution in [0.4, 0.5) is 0 Å². The first-order chi connectivity index (χ1) is 16.4. The molecule has 0 spiro atoms. The molecule has 0 saturated carbocycles. The predicted molar refractivity (Wildman–Crippen MR) is 133 cm³/mol. The van der Waals surface area contributed by atoms with E-state index in [0.717, 1.165) is 33.6 Å². The number of hydrogen-bond donors (Lipinski definition) is 2. The van der Waals surface area contributed by atoms with Crippen molar-refractivity contribution in [3.63, 3.8) is 0 Å². The lowest BCUT2D eigenvalue weighted by atomic mass is 9.97. The van der Waals surface area contributed by atoms with Gasteiger partial charge in [-0.2, -0.15) is 0 Å².